The van der Waals surface area contributed by atoms with Crippen LogP contribution >= 0.6 is 11.8 Å². The van der Waals surface area contributed by atoms with Crippen LogP contribution in [0.15, 0.2) is 23.4 Å². The summed E-state index contributed by atoms with van der Waals surface area (Å²) < 4.78 is 0. The molecule has 66 valence electrons. The van der Waals surface area contributed by atoms with Crippen molar-refractivity contribution in [2.75, 3.05) is 5.75 Å². The van der Waals surface area contributed by atoms with Gasteiger partial charge in [-0.2, -0.15) is 0 Å². The second kappa shape index (κ2) is 4.48. The number of rotatable bonds is 3. The van der Waals surface area contributed by atoms with Crippen LogP contribution in [0.3, 0.4) is 0 Å². The Morgan fingerprint density at radius 2 is 2.42 bits per heavy atom. The maximum absolute atomic E-state index is 9.38. The van der Waals surface area contributed by atoms with Crippen LogP contribution in [0.1, 0.15) is 25.5 Å². The SMILES string of the molecule is CCSc1ncccc1[C@@H](C)O. The Kier molecular flexibility index (Phi) is 3.56. The minimum atomic E-state index is -0.423. The molecule has 0 bridgehead atoms. The molecule has 1 aromatic rings. The van der Waals surface area contributed by atoms with Gasteiger partial charge in [0.25, 0.3) is 0 Å². The van der Waals surface area contributed by atoms with Gasteiger partial charge in [-0.05, 0) is 18.7 Å². The highest BCUT2D eigenvalue weighted by Crippen LogP contribution is 2.24. The predicted octanol–water partition coefficient (Wildman–Crippen LogP) is 2.25. The third-order valence-electron chi connectivity index (χ3n) is 1.53. The summed E-state index contributed by atoms with van der Waals surface area (Å²) in [5, 5.41) is 10.3. The highest BCUT2D eigenvalue weighted by molar-refractivity contribution is 7.99. The Balaban J connectivity index is 2.92. The first-order valence-corrected chi connectivity index (χ1v) is 5.00. The Labute approximate surface area is 77.0 Å². The summed E-state index contributed by atoms with van der Waals surface area (Å²) in [4.78, 5) is 4.19. The molecule has 0 fully saturated rings. The lowest BCUT2D eigenvalue weighted by molar-refractivity contribution is 0.195. The van der Waals surface area contributed by atoms with Crippen LogP contribution in [0.4, 0.5) is 0 Å². The quantitative estimate of drug-likeness (QED) is 0.730. The lowest BCUT2D eigenvalue weighted by atomic mass is 10.2. The molecule has 2 nitrogen and oxygen atoms in total. The Morgan fingerprint density at radius 1 is 1.67 bits per heavy atom. The average molecular weight is 183 g/mol. The van der Waals surface area contributed by atoms with Gasteiger partial charge in [0.1, 0.15) is 5.03 Å². The third kappa shape index (κ3) is 2.22. The third-order valence-corrected chi connectivity index (χ3v) is 2.43. The van der Waals surface area contributed by atoms with E-state index >= 15 is 0 Å². The van der Waals surface area contributed by atoms with Crippen LogP contribution in [0, 0.1) is 0 Å². The number of thioether (sulfide) groups is 1. The molecule has 12 heavy (non-hydrogen) atoms. The molecule has 0 saturated heterocycles. The van der Waals surface area contributed by atoms with Gasteiger partial charge in [-0.15, -0.1) is 11.8 Å². The molecular formula is C9H13NOS. The van der Waals surface area contributed by atoms with Crippen LogP contribution in [0.2, 0.25) is 0 Å². The molecule has 1 atom stereocenters. The Morgan fingerprint density at radius 3 is 3.00 bits per heavy atom. The number of hydrogen-bond donors (Lipinski definition) is 1. The van der Waals surface area contributed by atoms with Gasteiger partial charge in [0.2, 0.25) is 0 Å². The van der Waals surface area contributed by atoms with Crippen LogP contribution in [-0.2, 0) is 0 Å². The zero-order valence-electron chi connectivity index (χ0n) is 7.32. The molecule has 1 aromatic heterocycles. The number of aliphatic hydroxyl groups excluding tert-OH is 1. The van der Waals surface area contributed by atoms with Gasteiger partial charge in [-0.3, -0.25) is 0 Å². The van der Waals surface area contributed by atoms with E-state index in [0.29, 0.717) is 0 Å². The van der Waals surface area contributed by atoms with Gasteiger partial charge < -0.3 is 5.11 Å². The van der Waals surface area contributed by atoms with Gasteiger partial charge in [0.05, 0.1) is 6.10 Å². The van der Waals surface area contributed by atoms with Gasteiger partial charge >= 0.3 is 0 Å². The van der Waals surface area contributed by atoms with E-state index in [1.54, 1.807) is 24.9 Å². The topological polar surface area (TPSA) is 33.1 Å². The van der Waals surface area contributed by atoms with Crippen molar-refractivity contribution in [3.8, 4) is 0 Å². The maximum Gasteiger partial charge on any atom is 0.102 e. The minimum Gasteiger partial charge on any atom is -0.389 e. The minimum absolute atomic E-state index is 0.423. The summed E-state index contributed by atoms with van der Waals surface area (Å²) in [5.41, 5.74) is 0.921. The highest BCUT2D eigenvalue weighted by atomic mass is 32.2. The van der Waals surface area contributed by atoms with Crippen molar-refractivity contribution in [2.24, 2.45) is 0 Å². The first-order valence-electron chi connectivity index (χ1n) is 4.01. The van der Waals surface area contributed by atoms with Gasteiger partial charge in [0.15, 0.2) is 0 Å². The van der Waals surface area contributed by atoms with Crippen molar-refractivity contribution < 1.29 is 5.11 Å². The predicted molar refractivity (Wildman–Crippen MR) is 51.3 cm³/mol. The van der Waals surface area contributed by atoms with Gasteiger partial charge in [-0.25, -0.2) is 4.98 Å². The van der Waals surface area contributed by atoms with E-state index < -0.39 is 6.10 Å². The van der Waals surface area contributed by atoms with E-state index in [9.17, 15) is 5.11 Å². The Hall–Kier alpha value is -0.540. The molecule has 0 radical (unpaired) electrons. The fraction of sp³-hybridized carbons (Fsp3) is 0.444. The summed E-state index contributed by atoms with van der Waals surface area (Å²) in [6, 6.07) is 3.76. The second-order valence-corrected chi connectivity index (χ2v) is 3.76. The summed E-state index contributed by atoms with van der Waals surface area (Å²) in [6.07, 6.45) is 1.33. The molecule has 0 saturated carbocycles. The van der Waals surface area contributed by atoms with Gasteiger partial charge in [0, 0.05) is 11.8 Å². The zero-order chi connectivity index (χ0) is 8.97. The van der Waals surface area contributed by atoms with Crippen molar-refractivity contribution in [3.05, 3.63) is 23.9 Å². The van der Waals surface area contributed by atoms with E-state index in [2.05, 4.69) is 11.9 Å². The molecule has 3 heteroatoms. The van der Waals surface area contributed by atoms with Crippen LogP contribution in [0.5, 0.6) is 0 Å². The fourth-order valence-electron chi connectivity index (χ4n) is 0.979. The first kappa shape index (κ1) is 9.55. The molecule has 1 rings (SSSR count). The lowest BCUT2D eigenvalue weighted by Gasteiger charge is -2.08. The van der Waals surface area contributed by atoms with E-state index in [1.165, 1.54) is 0 Å². The van der Waals surface area contributed by atoms with Crippen molar-refractivity contribution in [2.45, 2.75) is 25.0 Å². The van der Waals surface area contributed by atoms with Crippen LogP contribution in [-0.4, -0.2) is 15.8 Å². The number of aromatic nitrogens is 1. The van der Waals surface area contributed by atoms with Crippen LogP contribution in [0.25, 0.3) is 0 Å². The summed E-state index contributed by atoms with van der Waals surface area (Å²) >= 11 is 1.66. The number of aliphatic hydroxyl groups is 1. The second-order valence-electron chi connectivity index (χ2n) is 2.51. The van der Waals surface area contributed by atoms with Crippen molar-refractivity contribution in [1.29, 1.82) is 0 Å². The van der Waals surface area contributed by atoms with Crippen LogP contribution < -0.4 is 0 Å². The van der Waals surface area contributed by atoms with Crippen molar-refractivity contribution in [3.63, 3.8) is 0 Å². The largest absolute Gasteiger partial charge is 0.389 e. The number of nitrogens with zero attached hydrogens (tertiary/aromatic N) is 1. The van der Waals surface area contributed by atoms with Crippen molar-refractivity contribution in [1.82, 2.24) is 4.98 Å². The fourth-order valence-corrected chi connectivity index (χ4v) is 1.79. The lowest BCUT2D eigenvalue weighted by Crippen LogP contribution is -1.95. The Bertz CT molecular complexity index is 250. The summed E-state index contributed by atoms with van der Waals surface area (Å²) in [6.45, 7) is 3.84. The molecule has 0 aliphatic carbocycles. The maximum atomic E-state index is 9.38. The van der Waals surface area contributed by atoms with E-state index in [1.807, 2.05) is 12.1 Å². The molecule has 0 aliphatic heterocycles. The highest BCUT2D eigenvalue weighted by Gasteiger charge is 2.07. The average Bonchev–Trinajstić information content (AvgIpc) is 2.05. The van der Waals surface area contributed by atoms with Gasteiger partial charge in [-0.1, -0.05) is 13.0 Å². The van der Waals surface area contributed by atoms with E-state index in [4.69, 9.17) is 0 Å². The summed E-state index contributed by atoms with van der Waals surface area (Å²) in [7, 11) is 0. The molecule has 1 heterocycles. The van der Waals surface area contributed by atoms with E-state index in [0.717, 1.165) is 16.3 Å². The molecule has 0 unspecified atom stereocenters. The number of hydrogen-bond acceptors (Lipinski definition) is 3. The standard InChI is InChI=1S/C9H13NOS/c1-3-12-9-8(7(2)11)5-4-6-10-9/h4-7,11H,3H2,1-2H3/t7-/m1/s1. The normalized spacial score (nSPS) is 12.9. The molecule has 1 N–H and O–H groups in total. The molecule has 0 aliphatic rings. The smallest absolute Gasteiger partial charge is 0.102 e. The first-order chi connectivity index (χ1) is 5.75. The monoisotopic (exact) mass is 183 g/mol. The molecule has 0 aromatic carbocycles. The van der Waals surface area contributed by atoms with E-state index in [-0.39, 0.29) is 0 Å². The molecule has 0 amide bonds. The summed E-state index contributed by atoms with van der Waals surface area (Å²) in [5.74, 6) is 0.983. The van der Waals surface area contributed by atoms with Crippen molar-refractivity contribution >= 4 is 11.8 Å². The molecular weight excluding hydrogens is 170 g/mol. The number of pyridine rings is 1. The zero-order valence-corrected chi connectivity index (χ0v) is 8.14. The molecule has 0 spiro atoms.